The number of allylic oxidation sites excluding steroid dienone is 2. The van der Waals surface area contributed by atoms with Gasteiger partial charge in [-0.3, -0.25) is 0 Å². The van der Waals surface area contributed by atoms with Gasteiger partial charge in [0.15, 0.2) is 0 Å². The lowest BCUT2D eigenvalue weighted by Gasteiger charge is -2.06. The highest BCUT2D eigenvalue weighted by Crippen LogP contribution is 2.23. The summed E-state index contributed by atoms with van der Waals surface area (Å²) in [4.78, 5) is 12.0. The number of esters is 1. The molecule has 0 bridgehead atoms. The highest BCUT2D eigenvalue weighted by molar-refractivity contribution is 5.91. The molecule has 6 N–H and O–H groups in total. The molecule has 0 fully saturated rings. The fraction of sp³-hybridized carbons (Fsp3) is 0.0870. The van der Waals surface area contributed by atoms with Crippen molar-refractivity contribution in [2.45, 2.75) is 13.8 Å². The van der Waals surface area contributed by atoms with E-state index in [9.17, 15) is 4.79 Å². The van der Waals surface area contributed by atoms with E-state index in [2.05, 4.69) is 0 Å². The summed E-state index contributed by atoms with van der Waals surface area (Å²) in [5, 5.41) is 0. The van der Waals surface area contributed by atoms with Crippen LogP contribution in [0.1, 0.15) is 24.2 Å². The lowest BCUT2D eigenvalue weighted by Crippen LogP contribution is -2.08. The molecule has 3 rings (SSSR count). The van der Waals surface area contributed by atoms with Gasteiger partial charge in [-0.1, -0.05) is 30.3 Å². The van der Waals surface area contributed by atoms with Gasteiger partial charge in [0.1, 0.15) is 5.75 Å². The minimum absolute atomic E-state index is 0.412. The standard InChI is InChI=1S/C19H16N2O2.C4H9N/c20-16-7-1-13(2-8-16)14-5-11-18(12-6-14)23-19(22)15-3-9-17(21)10-4-15;1-3-4(2)5/h1-12H,20-21H2;3H,5H2,1-2H3/b;4-3+. The van der Waals surface area contributed by atoms with Gasteiger partial charge in [0, 0.05) is 17.1 Å². The Kier molecular flexibility index (Phi) is 7.22. The Morgan fingerprint density at radius 3 is 1.61 bits per heavy atom. The molecule has 0 radical (unpaired) electrons. The fourth-order valence-corrected chi connectivity index (χ4v) is 2.18. The maximum Gasteiger partial charge on any atom is 0.343 e. The van der Waals surface area contributed by atoms with E-state index in [1.54, 1.807) is 36.4 Å². The largest absolute Gasteiger partial charge is 0.423 e. The summed E-state index contributed by atoms with van der Waals surface area (Å²) in [6.45, 7) is 3.77. The van der Waals surface area contributed by atoms with Crippen LogP contribution >= 0.6 is 0 Å². The van der Waals surface area contributed by atoms with Crippen molar-refractivity contribution in [3.8, 4) is 16.9 Å². The van der Waals surface area contributed by atoms with Crippen LogP contribution in [-0.2, 0) is 0 Å². The average molecular weight is 375 g/mol. The zero-order valence-corrected chi connectivity index (χ0v) is 16.1. The molecule has 0 aliphatic carbocycles. The summed E-state index contributed by atoms with van der Waals surface area (Å²) in [5.74, 6) is 0.0799. The predicted molar refractivity (Wildman–Crippen MR) is 116 cm³/mol. The van der Waals surface area contributed by atoms with Crippen LogP contribution in [0.15, 0.2) is 84.6 Å². The number of carbonyl (C=O) groups excluding carboxylic acids is 1. The van der Waals surface area contributed by atoms with Gasteiger partial charge in [0.05, 0.1) is 5.56 Å². The van der Waals surface area contributed by atoms with E-state index >= 15 is 0 Å². The maximum absolute atomic E-state index is 12.0. The molecule has 0 atom stereocenters. The molecular weight excluding hydrogens is 350 g/mol. The first-order valence-electron chi connectivity index (χ1n) is 8.81. The van der Waals surface area contributed by atoms with E-state index in [-0.39, 0.29) is 0 Å². The Labute approximate surface area is 165 Å². The number of anilines is 2. The third kappa shape index (κ3) is 6.21. The van der Waals surface area contributed by atoms with Gasteiger partial charge in [0.25, 0.3) is 0 Å². The topological polar surface area (TPSA) is 104 Å². The summed E-state index contributed by atoms with van der Waals surface area (Å²) in [7, 11) is 0. The van der Waals surface area contributed by atoms with Gasteiger partial charge in [-0.2, -0.15) is 0 Å². The molecule has 0 aliphatic heterocycles. The Bertz CT molecular complexity index is 925. The molecule has 5 nitrogen and oxygen atoms in total. The number of hydrogen-bond donors (Lipinski definition) is 3. The average Bonchev–Trinajstić information content (AvgIpc) is 2.70. The van der Waals surface area contributed by atoms with Crippen molar-refractivity contribution >= 4 is 17.3 Å². The van der Waals surface area contributed by atoms with Crippen LogP contribution in [0.2, 0.25) is 0 Å². The quantitative estimate of drug-likeness (QED) is 0.352. The number of nitrogens with two attached hydrogens (primary N) is 3. The van der Waals surface area contributed by atoms with Crippen LogP contribution in [0.25, 0.3) is 11.1 Å². The van der Waals surface area contributed by atoms with Gasteiger partial charge >= 0.3 is 5.97 Å². The van der Waals surface area contributed by atoms with Gasteiger partial charge in [-0.15, -0.1) is 0 Å². The summed E-state index contributed by atoms with van der Waals surface area (Å²) in [6.07, 6.45) is 1.86. The lowest BCUT2D eigenvalue weighted by atomic mass is 10.1. The summed E-state index contributed by atoms with van der Waals surface area (Å²) in [6, 6.07) is 21.5. The Morgan fingerprint density at radius 1 is 0.786 bits per heavy atom. The zero-order valence-electron chi connectivity index (χ0n) is 16.1. The minimum atomic E-state index is -0.412. The van der Waals surface area contributed by atoms with Gasteiger partial charge in [-0.25, -0.2) is 4.79 Å². The first-order chi connectivity index (χ1) is 13.4. The molecule has 0 amide bonds. The molecule has 0 spiro atoms. The van der Waals surface area contributed by atoms with E-state index in [0.29, 0.717) is 17.0 Å². The molecule has 0 saturated heterocycles. The molecule has 28 heavy (non-hydrogen) atoms. The van der Waals surface area contributed by atoms with Crippen molar-refractivity contribution in [2.75, 3.05) is 11.5 Å². The second-order valence-electron chi connectivity index (χ2n) is 6.19. The second-order valence-corrected chi connectivity index (χ2v) is 6.19. The molecule has 0 aromatic heterocycles. The van der Waals surface area contributed by atoms with Crippen molar-refractivity contribution in [2.24, 2.45) is 5.73 Å². The van der Waals surface area contributed by atoms with Gasteiger partial charge in [0.2, 0.25) is 0 Å². The highest BCUT2D eigenvalue weighted by Gasteiger charge is 2.08. The number of carbonyl (C=O) groups is 1. The third-order valence-corrected chi connectivity index (χ3v) is 3.91. The monoisotopic (exact) mass is 375 g/mol. The number of benzene rings is 3. The number of rotatable bonds is 3. The summed E-state index contributed by atoms with van der Waals surface area (Å²) in [5.41, 5.74) is 21.2. The van der Waals surface area contributed by atoms with Crippen LogP contribution in [0.4, 0.5) is 11.4 Å². The van der Waals surface area contributed by atoms with E-state index in [4.69, 9.17) is 21.9 Å². The smallest absolute Gasteiger partial charge is 0.343 e. The fourth-order valence-electron chi connectivity index (χ4n) is 2.18. The molecule has 0 aliphatic rings. The SMILES string of the molecule is C/C=C(\C)N.Nc1ccc(C(=O)Oc2ccc(-c3ccc(N)cc3)cc2)cc1. The molecule has 0 unspecified atom stereocenters. The number of nitrogen functional groups attached to an aromatic ring is 2. The molecule has 0 heterocycles. The molecule has 3 aromatic rings. The van der Waals surface area contributed by atoms with Crippen LogP contribution in [-0.4, -0.2) is 5.97 Å². The lowest BCUT2D eigenvalue weighted by molar-refractivity contribution is 0.0735. The van der Waals surface area contributed by atoms with Gasteiger partial charge < -0.3 is 21.9 Å². The van der Waals surface area contributed by atoms with Crippen LogP contribution in [0.5, 0.6) is 5.75 Å². The van der Waals surface area contributed by atoms with Crippen molar-refractivity contribution in [1.82, 2.24) is 0 Å². The minimum Gasteiger partial charge on any atom is -0.423 e. The Balaban J connectivity index is 0.000000500. The van der Waals surface area contributed by atoms with Crippen LogP contribution in [0, 0.1) is 0 Å². The Hall–Kier alpha value is -3.73. The highest BCUT2D eigenvalue weighted by atomic mass is 16.5. The van der Waals surface area contributed by atoms with E-state index in [0.717, 1.165) is 22.5 Å². The summed E-state index contributed by atoms with van der Waals surface area (Å²) >= 11 is 0. The predicted octanol–water partition coefficient (Wildman–Crippen LogP) is 4.61. The molecule has 3 aromatic carbocycles. The molecule has 0 saturated carbocycles. The van der Waals surface area contributed by atoms with E-state index in [1.807, 2.05) is 56.3 Å². The first-order valence-corrected chi connectivity index (χ1v) is 8.81. The zero-order chi connectivity index (χ0) is 20.5. The normalized spacial score (nSPS) is 10.6. The van der Waals surface area contributed by atoms with Gasteiger partial charge in [-0.05, 0) is 73.5 Å². The second kappa shape index (κ2) is 9.83. The third-order valence-electron chi connectivity index (χ3n) is 3.91. The van der Waals surface area contributed by atoms with Crippen molar-refractivity contribution < 1.29 is 9.53 Å². The van der Waals surface area contributed by atoms with E-state index < -0.39 is 5.97 Å². The van der Waals surface area contributed by atoms with E-state index in [1.165, 1.54) is 0 Å². The Morgan fingerprint density at radius 2 is 1.18 bits per heavy atom. The van der Waals surface area contributed by atoms with Crippen LogP contribution in [0.3, 0.4) is 0 Å². The van der Waals surface area contributed by atoms with Crippen molar-refractivity contribution in [3.05, 3.63) is 90.1 Å². The van der Waals surface area contributed by atoms with Crippen molar-refractivity contribution in [1.29, 1.82) is 0 Å². The van der Waals surface area contributed by atoms with Crippen LogP contribution < -0.4 is 21.9 Å². The first kappa shape index (κ1) is 20.6. The maximum atomic E-state index is 12.0. The van der Waals surface area contributed by atoms with Crippen molar-refractivity contribution in [3.63, 3.8) is 0 Å². The molecule has 5 heteroatoms. The number of hydrogen-bond acceptors (Lipinski definition) is 5. The number of ether oxygens (including phenoxy) is 1. The summed E-state index contributed by atoms with van der Waals surface area (Å²) < 4.78 is 5.35. The molecule has 144 valence electrons. The molecular formula is C23H25N3O2.